The maximum Gasteiger partial charge on any atom is 0.239 e. The van der Waals surface area contributed by atoms with Gasteiger partial charge in [0.05, 0.1) is 12.5 Å². The molecule has 0 bridgehead atoms. The fourth-order valence-electron chi connectivity index (χ4n) is 2.26. The van der Waals surface area contributed by atoms with Crippen LogP contribution < -0.4 is 5.32 Å². The molecule has 2 atom stereocenters. The molecule has 0 spiro atoms. The molecule has 0 unspecified atom stereocenters. The molecule has 2 amide bonds. The SMILES string of the molecule is CN1CC(=O)N[C@@H]2CCC[C@H]2C1=O. The van der Waals surface area contributed by atoms with Crippen LogP contribution in [0.4, 0.5) is 0 Å². The summed E-state index contributed by atoms with van der Waals surface area (Å²) in [4.78, 5) is 24.5. The first-order chi connectivity index (χ1) is 6.18. The number of nitrogens with one attached hydrogen (secondary N) is 1. The standard InChI is InChI=1S/C9H14N2O2/c1-11-5-8(12)10-7-4-2-3-6(7)9(11)13/h6-7H,2-5H2,1H3,(H,10,12)/t6-,7-/m1/s1. The Morgan fingerprint density at radius 3 is 2.92 bits per heavy atom. The number of fused-ring (bicyclic) bond motifs is 1. The zero-order valence-electron chi connectivity index (χ0n) is 7.75. The van der Waals surface area contributed by atoms with Gasteiger partial charge in [-0.05, 0) is 12.8 Å². The summed E-state index contributed by atoms with van der Waals surface area (Å²) in [6.07, 6.45) is 2.93. The number of amides is 2. The molecule has 1 saturated carbocycles. The summed E-state index contributed by atoms with van der Waals surface area (Å²) in [5.74, 6) is 0.141. The van der Waals surface area contributed by atoms with Gasteiger partial charge in [-0.25, -0.2) is 0 Å². The van der Waals surface area contributed by atoms with E-state index in [9.17, 15) is 9.59 Å². The average molecular weight is 182 g/mol. The van der Waals surface area contributed by atoms with Crippen LogP contribution in [0.25, 0.3) is 0 Å². The molecule has 0 aromatic carbocycles. The number of likely N-dealkylation sites (N-methyl/N-ethyl adjacent to an activating group) is 1. The monoisotopic (exact) mass is 182 g/mol. The average Bonchev–Trinajstić information content (AvgIpc) is 2.47. The van der Waals surface area contributed by atoms with Gasteiger partial charge in [0, 0.05) is 13.1 Å². The molecule has 1 aliphatic carbocycles. The highest BCUT2D eigenvalue weighted by molar-refractivity contribution is 5.89. The molecule has 0 aromatic rings. The predicted octanol–water partition coefficient (Wildman–Crippen LogP) is -0.257. The van der Waals surface area contributed by atoms with Crippen LogP contribution in [-0.4, -0.2) is 36.3 Å². The van der Waals surface area contributed by atoms with E-state index in [0.717, 1.165) is 19.3 Å². The summed E-state index contributed by atoms with van der Waals surface area (Å²) >= 11 is 0. The van der Waals surface area contributed by atoms with Crippen LogP contribution in [0, 0.1) is 5.92 Å². The van der Waals surface area contributed by atoms with E-state index in [1.807, 2.05) is 0 Å². The zero-order valence-corrected chi connectivity index (χ0v) is 7.75. The molecular weight excluding hydrogens is 168 g/mol. The van der Waals surface area contributed by atoms with E-state index >= 15 is 0 Å². The van der Waals surface area contributed by atoms with Gasteiger partial charge in [0.25, 0.3) is 0 Å². The Morgan fingerprint density at radius 1 is 1.38 bits per heavy atom. The van der Waals surface area contributed by atoms with Crippen molar-refractivity contribution in [3.63, 3.8) is 0 Å². The van der Waals surface area contributed by atoms with Gasteiger partial charge in [-0.1, -0.05) is 6.42 Å². The van der Waals surface area contributed by atoms with Crippen LogP contribution >= 0.6 is 0 Å². The lowest BCUT2D eigenvalue weighted by atomic mass is 10.0. The highest BCUT2D eigenvalue weighted by Crippen LogP contribution is 2.28. The summed E-state index contributed by atoms with van der Waals surface area (Å²) in [7, 11) is 1.70. The van der Waals surface area contributed by atoms with Crippen LogP contribution in [0.15, 0.2) is 0 Å². The maximum atomic E-state index is 11.7. The Hall–Kier alpha value is -1.06. The molecule has 4 heteroatoms. The topological polar surface area (TPSA) is 49.4 Å². The third-order valence-corrected chi connectivity index (χ3v) is 2.94. The van der Waals surface area contributed by atoms with E-state index in [1.165, 1.54) is 4.90 Å². The molecular formula is C9H14N2O2. The van der Waals surface area contributed by atoms with Crippen LogP contribution in [0.1, 0.15) is 19.3 Å². The number of rotatable bonds is 0. The number of carbonyl (C=O) groups excluding carboxylic acids is 2. The van der Waals surface area contributed by atoms with Crippen molar-refractivity contribution < 1.29 is 9.59 Å². The van der Waals surface area contributed by atoms with Gasteiger partial charge in [-0.2, -0.15) is 0 Å². The van der Waals surface area contributed by atoms with Crippen molar-refractivity contribution in [2.75, 3.05) is 13.6 Å². The Bertz CT molecular complexity index is 252. The first-order valence-corrected chi connectivity index (χ1v) is 4.73. The van der Waals surface area contributed by atoms with Crippen molar-refractivity contribution in [3.05, 3.63) is 0 Å². The minimum atomic E-state index is -0.0229. The van der Waals surface area contributed by atoms with Gasteiger partial charge in [0.1, 0.15) is 0 Å². The minimum Gasteiger partial charge on any atom is -0.351 e. The smallest absolute Gasteiger partial charge is 0.239 e. The third kappa shape index (κ3) is 1.41. The third-order valence-electron chi connectivity index (χ3n) is 2.94. The maximum absolute atomic E-state index is 11.7. The molecule has 2 rings (SSSR count). The van der Waals surface area contributed by atoms with Crippen molar-refractivity contribution in [1.29, 1.82) is 0 Å². The van der Waals surface area contributed by atoms with E-state index < -0.39 is 0 Å². The minimum absolute atomic E-state index is 0.0229. The predicted molar refractivity (Wildman–Crippen MR) is 46.9 cm³/mol. The molecule has 1 aliphatic heterocycles. The Labute approximate surface area is 77.3 Å². The summed E-state index contributed by atoms with van der Waals surface area (Å²) in [5, 5.41) is 2.90. The molecule has 0 aromatic heterocycles. The lowest BCUT2D eigenvalue weighted by molar-refractivity contribution is -0.135. The molecule has 1 N–H and O–H groups in total. The van der Waals surface area contributed by atoms with Gasteiger partial charge in [0.2, 0.25) is 11.8 Å². The molecule has 72 valence electrons. The first-order valence-electron chi connectivity index (χ1n) is 4.73. The van der Waals surface area contributed by atoms with E-state index in [1.54, 1.807) is 7.05 Å². The van der Waals surface area contributed by atoms with Crippen LogP contribution in [-0.2, 0) is 9.59 Å². The second-order valence-corrected chi connectivity index (χ2v) is 3.91. The number of carbonyl (C=O) groups is 2. The largest absolute Gasteiger partial charge is 0.351 e. The number of nitrogens with zero attached hydrogens (tertiary/aromatic N) is 1. The van der Waals surface area contributed by atoms with Gasteiger partial charge >= 0.3 is 0 Å². The normalized spacial score (nSPS) is 34.1. The highest BCUT2D eigenvalue weighted by Gasteiger charge is 2.38. The van der Waals surface area contributed by atoms with Crippen molar-refractivity contribution >= 4 is 11.8 Å². The van der Waals surface area contributed by atoms with Crippen molar-refractivity contribution in [1.82, 2.24) is 10.2 Å². The van der Waals surface area contributed by atoms with E-state index in [-0.39, 0.29) is 30.3 Å². The fraction of sp³-hybridized carbons (Fsp3) is 0.778. The van der Waals surface area contributed by atoms with Crippen molar-refractivity contribution in [2.24, 2.45) is 5.92 Å². The summed E-state index contributed by atoms with van der Waals surface area (Å²) < 4.78 is 0. The molecule has 1 saturated heterocycles. The van der Waals surface area contributed by atoms with E-state index in [0.29, 0.717) is 0 Å². The second kappa shape index (κ2) is 3.01. The number of hydrogen-bond acceptors (Lipinski definition) is 2. The second-order valence-electron chi connectivity index (χ2n) is 3.91. The molecule has 4 nitrogen and oxygen atoms in total. The highest BCUT2D eigenvalue weighted by atomic mass is 16.2. The first kappa shape index (κ1) is 8.53. The van der Waals surface area contributed by atoms with Crippen LogP contribution in [0.3, 0.4) is 0 Å². The fourth-order valence-corrected chi connectivity index (χ4v) is 2.26. The Kier molecular flexibility index (Phi) is 1.98. The lowest BCUT2D eigenvalue weighted by Crippen LogP contribution is -2.37. The lowest BCUT2D eigenvalue weighted by Gasteiger charge is -2.17. The molecule has 0 radical (unpaired) electrons. The van der Waals surface area contributed by atoms with Gasteiger partial charge in [0.15, 0.2) is 0 Å². The summed E-state index contributed by atoms with van der Waals surface area (Å²) in [6.45, 7) is 0.214. The Morgan fingerprint density at radius 2 is 2.15 bits per heavy atom. The Balaban J connectivity index is 2.21. The van der Waals surface area contributed by atoms with Crippen molar-refractivity contribution in [2.45, 2.75) is 25.3 Å². The summed E-state index contributed by atoms with van der Waals surface area (Å²) in [5.41, 5.74) is 0. The molecule has 13 heavy (non-hydrogen) atoms. The molecule has 1 heterocycles. The van der Waals surface area contributed by atoms with E-state index in [2.05, 4.69) is 5.32 Å². The van der Waals surface area contributed by atoms with E-state index in [4.69, 9.17) is 0 Å². The number of hydrogen-bond donors (Lipinski definition) is 1. The van der Waals surface area contributed by atoms with Crippen molar-refractivity contribution in [3.8, 4) is 0 Å². The van der Waals surface area contributed by atoms with Crippen LogP contribution in [0.2, 0.25) is 0 Å². The van der Waals surface area contributed by atoms with Gasteiger partial charge < -0.3 is 10.2 Å². The van der Waals surface area contributed by atoms with Gasteiger partial charge in [-0.3, -0.25) is 9.59 Å². The van der Waals surface area contributed by atoms with Gasteiger partial charge in [-0.15, -0.1) is 0 Å². The molecule has 2 fully saturated rings. The zero-order chi connectivity index (χ0) is 9.42. The quantitative estimate of drug-likeness (QED) is 0.561. The summed E-state index contributed by atoms with van der Waals surface area (Å²) in [6, 6.07) is 0.102. The molecule has 2 aliphatic rings. The van der Waals surface area contributed by atoms with Crippen LogP contribution in [0.5, 0.6) is 0 Å².